The molecule has 0 heterocycles. The largest absolute Gasteiger partial charge is 0.366 e. The third kappa shape index (κ3) is 3.66. The van der Waals surface area contributed by atoms with Crippen LogP contribution in [0, 0.1) is 11.6 Å². The van der Waals surface area contributed by atoms with Gasteiger partial charge in [0.1, 0.15) is 11.6 Å². The molecule has 0 radical (unpaired) electrons. The van der Waals surface area contributed by atoms with Crippen molar-refractivity contribution in [2.45, 2.75) is 13.0 Å². The normalized spacial score (nSPS) is 11.8. The smallest absolute Gasteiger partial charge is 0.251 e. The van der Waals surface area contributed by atoms with Gasteiger partial charge in [-0.25, -0.2) is 8.78 Å². The predicted octanol–water partition coefficient (Wildman–Crippen LogP) is 2.55. The van der Waals surface area contributed by atoms with E-state index in [1.54, 1.807) is 31.2 Å². The molecule has 1 unspecified atom stereocenters. The summed E-state index contributed by atoms with van der Waals surface area (Å²) in [4.78, 5) is 23.2. The summed E-state index contributed by atoms with van der Waals surface area (Å²) < 4.78 is 26.2. The highest BCUT2D eigenvalue weighted by atomic mass is 19.1. The van der Waals surface area contributed by atoms with Crippen LogP contribution in [0.4, 0.5) is 8.78 Å². The van der Waals surface area contributed by atoms with E-state index in [1.165, 1.54) is 0 Å². The van der Waals surface area contributed by atoms with Crippen LogP contribution in [0.1, 0.15) is 39.2 Å². The van der Waals surface area contributed by atoms with Crippen molar-refractivity contribution in [1.29, 1.82) is 0 Å². The minimum atomic E-state index is -0.825. The van der Waals surface area contributed by atoms with Crippen molar-refractivity contribution in [2.75, 3.05) is 0 Å². The highest BCUT2D eigenvalue weighted by Crippen LogP contribution is 2.16. The monoisotopic (exact) mass is 304 g/mol. The van der Waals surface area contributed by atoms with Gasteiger partial charge in [-0.15, -0.1) is 0 Å². The summed E-state index contributed by atoms with van der Waals surface area (Å²) in [6.07, 6.45) is 0. The van der Waals surface area contributed by atoms with Crippen molar-refractivity contribution >= 4 is 11.8 Å². The van der Waals surface area contributed by atoms with E-state index >= 15 is 0 Å². The van der Waals surface area contributed by atoms with Gasteiger partial charge in [0.15, 0.2) is 0 Å². The molecule has 0 saturated heterocycles. The Balaban J connectivity index is 2.17. The fraction of sp³-hybridized carbons (Fsp3) is 0.125. The summed E-state index contributed by atoms with van der Waals surface area (Å²) in [5.74, 6) is -2.84. The van der Waals surface area contributed by atoms with Crippen LogP contribution < -0.4 is 11.1 Å². The molecule has 0 aromatic heterocycles. The SMILES string of the molecule is CC(NC(=O)c1cc(F)cc(F)c1)c1cccc(C(N)=O)c1. The number of carbonyl (C=O) groups excluding carboxylic acids is 2. The highest BCUT2D eigenvalue weighted by molar-refractivity contribution is 5.95. The number of benzene rings is 2. The van der Waals surface area contributed by atoms with Crippen LogP contribution in [0.3, 0.4) is 0 Å². The van der Waals surface area contributed by atoms with Gasteiger partial charge >= 0.3 is 0 Å². The number of amides is 2. The molecule has 4 nitrogen and oxygen atoms in total. The lowest BCUT2D eigenvalue weighted by Crippen LogP contribution is -2.27. The molecular weight excluding hydrogens is 290 g/mol. The molecule has 0 saturated carbocycles. The Morgan fingerprint density at radius 1 is 1.05 bits per heavy atom. The molecule has 6 heteroatoms. The first-order valence-electron chi connectivity index (χ1n) is 6.53. The van der Waals surface area contributed by atoms with E-state index in [9.17, 15) is 18.4 Å². The second-order valence-electron chi connectivity index (χ2n) is 4.84. The highest BCUT2D eigenvalue weighted by Gasteiger charge is 2.14. The molecule has 22 heavy (non-hydrogen) atoms. The molecule has 0 fully saturated rings. The third-order valence-electron chi connectivity index (χ3n) is 3.14. The fourth-order valence-corrected chi connectivity index (χ4v) is 2.01. The van der Waals surface area contributed by atoms with E-state index in [0.29, 0.717) is 17.2 Å². The lowest BCUT2D eigenvalue weighted by atomic mass is 10.0. The Bertz CT molecular complexity index is 712. The van der Waals surface area contributed by atoms with Crippen molar-refractivity contribution in [1.82, 2.24) is 5.32 Å². The van der Waals surface area contributed by atoms with Crippen molar-refractivity contribution in [3.05, 3.63) is 70.8 Å². The second-order valence-corrected chi connectivity index (χ2v) is 4.84. The first-order chi connectivity index (χ1) is 10.4. The second kappa shape index (κ2) is 6.34. The van der Waals surface area contributed by atoms with E-state index in [4.69, 9.17) is 5.73 Å². The topological polar surface area (TPSA) is 72.2 Å². The van der Waals surface area contributed by atoms with Gasteiger partial charge in [-0.3, -0.25) is 9.59 Å². The molecule has 2 rings (SSSR count). The van der Waals surface area contributed by atoms with Crippen LogP contribution in [0.15, 0.2) is 42.5 Å². The Morgan fingerprint density at radius 2 is 1.68 bits per heavy atom. The average molecular weight is 304 g/mol. The van der Waals surface area contributed by atoms with Crippen molar-refractivity contribution in [3.63, 3.8) is 0 Å². The Morgan fingerprint density at radius 3 is 2.27 bits per heavy atom. The summed E-state index contributed by atoms with van der Waals surface area (Å²) >= 11 is 0. The van der Waals surface area contributed by atoms with Gasteiger partial charge in [0, 0.05) is 17.2 Å². The maximum absolute atomic E-state index is 13.1. The fourth-order valence-electron chi connectivity index (χ4n) is 2.01. The van der Waals surface area contributed by atoms with Gasteiger partial charge in [-0.05, 0) is 36.8 Å². The Kier molecular flexibility index (Phi) is 4.50. The van der Waals surface area contributed by atoms with Crippen molar-refractivity contribution in [2.24, 2.45) is 5.73 Å². The number of rotatable bonds is 4. The van der Waals surface area contributed by atoms with E-state index < -0.39 is 29.5 Å². The van der Waals surface area contributed by atoms with Gasteiger partial charge in [-0.2, -0.15) is 0 Å². The lowest BCUT2D eigenvalue weighted by molar-refractivity contribution is 0.0938. The average Bonchev–Trinajstić information content (AvgIpc) is 2.46. The molecule has 0 bridgehead atoms. The molecule has 2 aromatic carbocycles. The van der Waals surface area contributed by atoms with Crippen LogP contribution in [-0.4, -0.2) is 11.8 Å². The van der Waals surface area contributed by atoms with Gasteiger partial charge < -0.3 is 11.1 Å². The molecule has 114 valence electrons. The molecule has 2 amide bonds. The maximum Gasteiger partial charge on any atom is 0.251 e. The van der Waals surface area contributed by atoms with E-state index in [2.05, 4.69) is 5.32 Å². The number of carbonyl (C=O) groups is 2. The summed E-state index contributed by atoms with van der Waals surface area (Å²) in [6, 6.07) is 8.59. The van der Waals surface area contributed by atoms with Crippen molar-refractivity contribution in [3.8, 4) is 0 Å². The number of nitrogens with one attached hydrogen (secondary N) is 1. The van der Waals surface area contributed by atoms with Crippen LogP contribution >= 0.6 is 0 Å². The number of hydrogen-bond donors (Lipinski definition) is 2. The molecule has 0 aliphatic heterocycles. The van der Waals surface area contributed by atoms with Crippen LogP contribution in [0.25, 0.3) is 0 Å². The standard InChI is InChI=1S/C16H14F2N2O2/c1-9(10-3-2-4-11(5-10)15(19)21)20-16(22)12-6-13(17)8-14(18)7-12/h2-9H,1H3,(H2,19,21)(H,20,22). The molecule has 3 N–H and O–H groups in total. The van der Waals surface area contributed by atoms with E-state index in [1.807, 2.05) is 0 Å². The zero-order valence-corrected chi connectivity index (χ0v) is 11.8. The molecule has 0 aliphatic carbocycles. The molecule has 1 atom stereocenters. The summed E-state index contributed by atoms with van der Waals surface area (Å²) in [5.41, 5.74) is 6.05. The molecule has 2 aromatic rings. The van der Waals surface area contributed by atoms with Gasteiger partial charge in [0.05, 0.1) is 6.04 Å². The van der Waals surface area contributed by atoms with E-state index in [-0.39, 0.29) is 5.56 Å². The van der Waals surface area contributed by atoms with Crippen LogP contribution in [-0.2, 0) is 0 Å². The Labute approximate surface area is 125 Å². The van der Waals surface area contributed by atoms with Crippen molar-refractivity contribution < 1.29 is 18.4 Å². The number of hydrogen-bond acceptors (Lipinski definition) is 2. The number of primary amides is 1. The van der Waals surface area contributed by atoms with Crippen LogP contribution in [0.2, 0.25) is 0 Å². The lowest BCUT2D eigenvalue weighted by Gasteiger charge is -2.15. The zero-order valence-electron chi connectivity index (χ0n) is 11.8. The van der Waals surface area contributed by atoms with Crippen LogP contribution in [0.5, 0.6) is 0 Å². The predicted molar refractivity (Wildman–Crippen MR) is 77.2 cm³/mol. The Hall–Kier alpha value is -2.76. The third-order valence-corrected chi connectivity index (χ3v) is 3.14. The van der Waals surface area contributed by atoms with E-state index in [0.717, 1.165) is 12.1 Å². The minimum Gasteiger partial charge on any atom is -0.366 e. The molecule has 0 spiro atoms. The number of halogens is 2. The maximum atomic E-state index is 13.1. The van der Waals surface area contributed by atoms with Gasteiger partial charge in [0.2, 0.25) is 5.91 Å². The summed E-state index contributed by atoms with van der Waals surface area (Å²) in [6.45, 7) is 1.69. The summed E-state index contributed by atoms with van der Waals surface area (Å²) in [5, 5.41) is 2.61. The molecule has 0 aliphatic rings. The molecular formula is C16H14F2N2O2. The van der Waals surface area contributed by atoms with Gasteiger partial charge in [0.25, 0.3) is 5.91 Å². The number of nitrogens with two attached hydrogens (primary N) is 1. The zero-order chi connectivity index (χ0) is 16.3. The quantitative estimate of drug-likeness (QED) is 0.911. The first kappa shape index (κ1) is 15.6. The summed E-state index contributed by atoms with van der Waals surface area (Å²) in [7, 11) is 0. The minimum absolute atomic E-state index is 0.115. The van der Waals surface area contributed by atoms with Gasteiger partial charge in [-0.1, -0.05) is 12.1 Å². The first-order valence-corrected chi connectivity index (χ1v) is 6.53.